The Morgan fingerprint density at radius 1 is 0.857 bits per heavy atom. The minimum atomic E-state index is -1.40. The van der Waals surface area contributed by atoms with E-state index in [1.54, 1.807) is 0 Å². The monoisotopic (exact) mass is 386 g/mol. The van der Waals surface area contributed by atoms with Crippen molar-refractivity contribution in [2.24, 2.45) is 0 Å². The van der Waals surface area contributed by atoms with Crippen LogP contribution in [0.15, 0.2) is 72.3 Å². The zero-order chi connectivity index (χ0) is 20.2. The molecular formula is C27H34Si. The Morgan fingerprint density at radius 2 is 1.50 bits per heavy atom. The van der Waals surface area contributed by atoms with E-state index in [0.717, 1.165) is 6.42 Å². The van der Waals surface area contributed by atoms with E-state index >= 15 is 0 Å². The molecular weight excluding hydrogens is 352 g/mol. The van der Waals surface area contributed by atoms with Crippen LogP contribution in [0.4, 0.5) is 0 Å². The van der Waals surface area contributed by atoms with Crippen molar-refractivity contribution in [1.82, 2.24) is 0 Å². The van der Waals surface area contributed by atoms with Crippen LogP contribution in [-0.4, -0.2) is 8.07 Å². The highest BCUT2D eigenvalue weighted by molar-refractivity contribution is 6.83. The average molecular weight is 387 g/mol. The summed E-state index contributed by atoms with van der Waals surface area (Å²) in [4.78, 5) is 0. The molecule has 28 heavy (non-hydrogen) atoms. The van der Waals surface area contributed by atoms with Crippen molar-refractivity contribution in [3.63, 3.8) is 0 Å². The maximum atomic E-state index is 3.58. The minimum absolute atomic E-state index is 1.07. The number of rotatable bonds is 8. The summed E-state index contributed by atoms with van der Waals surface area (Å²) in [7, 11) is -1.40. The zero-order valence-corrected chi connectivity index (χ0v) is 19.0. The molecule has 0 saturated carbocycles. The Bertz CT molecular complexity index is 825. The van der Waals surface area contributed by atoms with Crippen LogP contribution in [0.1, 0.15) is 50.2 Å². The van der Waals surface area contributed by atoms with Crippen molar-refractivity contribution in [2.75, 3.05) is 0 Å². The van der Waals surface area contributed by atoms with Crippen LogP contribution in [0.25, 0.3) is 11.6 Å². The molecule has 146 valence electrons. The van der Waals surface area contributed by atoms with Gasteiger partial charge < -0.3 is 0 Å². The third-order valence-corrected chi connectivity index (χ3v) is 5.33. The normalized spacial score (nSPS) is 12.4. The molecule has 0 spiro atoms. The number of hydrogen-bond acceptors (Lipinski definition) is 0. The Morgan fingerprint density at radius 3 is 2.11 bits per heavy atom. The van der Waals surface area contributed by atoms with E-state index < -0.39 is 8.07 Å². The molecule has 0 saturated heterocycles. The van der Waals surface area contributed by atoms with E-state index in [0.29, 0.717) is 0 Å². The standard InChI is InChI=1S/C27H34Si/c1-5-6-7-10-17-25(20-21-28(2,3)4)23-27(26-18-13-9-14-19-26)22-24-15-11-8-12-16-24/h8-9,11-16,18-19,22-23H,5-7,10,17H2,1-4H3/b25-23-,27-22-. The maximum absolute atomic E-state index is 3.58. The second-order valence-electron chi connectivity index (χ2n) is 8.36. The molecule has 0 amide bonds. The average Bonchev–Trinajstić information content (AvgIpc) is 2.69. The topological polar surface area (TPSA) is 0 Å². The second-order valence-corrected chi connectivity index (χ2v) is 13.1. The zero-order valence-electron chi connectivity index (χ0n) is 18.0. The third kappa shape index (κ3) is 8.59. The first kappa shape index (κ1) is 22.0. The lowest BCUT2D eigenvalue weighted by Crippen LogP contribution is -2.16. The molecule has 0 aliphatic heterocycles. The molecule has 2 aromatic carbocycles. The SMILES string of the molecule is CCCCCC/C(C#C[Si](C)(C)C)=C/C(=C/c1ccccc1)c1ccccc1. The summed E-state index contributed by atoms with van der Waals surface area (Å²) in [5.41, 5.74) is 8.55. The molecule has 0 aliphatic carbocycles. The maximum Gasteiger partial charge on any atom is 0.129 e. The predicted octanol–water partition coefficient (Wildman–Crippen LogP) is 8.00. The van der Waals surface area contributed by atoms with Gasteiger partial charge in [0.15, 0.2) is 0 Å². The first-order valence-corrected chi connectivity index (χ1v) is 14.0. The van der Waals surface area contributed by atoms with Crippen molar-refractivity contribution in [3.8, 4) is 11.5 Å². The molecule has 0 fully saturated rings. The van der Waals surface area contributed by atoms with Crippen molar-refractivity contribution in [1.29, 1.82) is 0 Å². The van der Waals surface area contributed by atoms with E-state index in [1.807, 2.05) is 0 Å². The van der Waals surface area contributed by atoms with Crippen LogP contribution in [-0.2, 0) is 0 Å². The lowest BCUT2D eigenvalue weighted by Gasteiger charge is -2.08. The van der Waals surface area contributed by atoms with Crippen LogP contribution in [0.5, 0.6) is 0 Å². The van der Waals surface area contributed by atoms with Crippen molar-refractivity contribution in [2.45, 2.75) is 58.7 Å². The predicted molar refractivity (Wildman–Crippen MR) is 129 cm³/mol. The molecule has 0 heterocycles. The molecule has 0 bridgehead atoms. The number of allylic oxidation sites excluding steroid dienone is 3. The van der Waals surface area contributed by atoms with Gasteiger partial charge >= 0.3 is 0 Å². The van der Waals surface area contributed by atoms with Gasteiger partial charge in [-0.2, -0.15) is 0 Å². The largest absolute Gasteiger partial charge is 0.129 e. The van der Waals surface area contributed by atoms with Gasteiger partial charge in [0.05, 0.1) is 0 Å². The molecule has 0 aliphatic rings. The van der Waals surface area contributed by atoms with E-state index in [4.69, 9.17) is 0 Å². The summed E-state index contributed by atoms with van der Waals surface area (Å²) in [5, 5.41) is 0. The Labute approximate surface area is 173 Å². The van der Waals surface area contributed by atoms with Crippen molar-refractivity contribution < 1.29 is 0 Å². The molecule has 0 N–H and O–H groups in total. The third-order valence-electron chi connectivity index (χ3n) is 4.46. The fourth-order valence-corrected chi connectivity index (χ4v) is 3.47. The van der Waals surface area contributed by atoms with Crippen molar-refractivity contribution >= 4 is 19.7 Å². The van der Waals surface area contributed by atoms with E-state index in [-0.39, 0.29) is 0 Å². The van der Waals surface area contributed by atoms with Gasteiger partial charge in [-0.05, 0) is 41.7 Å². The quantitative estimate of drug-likeness (QED) is 0.142. The number of unbranched alkanes of at least 4 members (excludes halogenated alkanes) is 3. The van der Waals surface area contributed by atoms with Crippen LogP contribution in [0.3, 0.4) is 0 Å². The number of benzene rings is 2. The van der Waals surface area contributed by atoms with Crippen LogP contribution < -0.4 is 0 Å². The van der Waals surface area contributed by atoms with Gasteiger partial charge in [-0.25, -0.2) is 0 Å². The first-order chi connectivity index (χ1) is 13.5. The fourth-order valence-electron chi connectivity index (χ4n) is 2.94. The van der Waals surface area contributed by atoms with Crippen molar-refractivity contribution in [3.05, 3.63) is 83.4 Å². The van der Waals surface area contributed by atoms with E-state index in [2.05, 4.69) is 111 Å². The molecule has 2 rings (SSSR count). The Kier molecular flexibility index (Phi) is 9.05. The highest BCUT2D eigenvalue weighted by Crippen LogP contribution is 2.23. The molecule has 0 aromatic heterocycles. The Balaban J connectivity index is 2.41. The van der Waals surface area contributed by atoms with Gasteiger partial charge in [-0.1, -0.05) is 112 Å². The summed E-state index contributed by atoms with van der Waals surface area (Å²) in [5.74, 6) is 3.55. The number of hydrogen-bond donors (Lipinski definition) is 0. The van der Waals surface area contributed by atoms with Crippen LogP contribution in [0.2, 0.25) is 19.6 Å². The molecule has 0 nitrogen and oxygen atoms in total. The van der Waals surface area contributed by atoms with Gasteiger partial charge in [-0.3, -0.25) is 0 Å². The fraction of sp³-hybridized carbons (Fsp3) is 0.333. The minimum Gasteiger partial charge on any atom is -0.127 e. The molecule has 1 heteroatoms. The molecule has 0 radical (unpaired) electrons. The highest BCUT2D eigenvalue weighted by Gasteiger charge is 2.08. The lowest BCUT2D eigenvalue weighted by molar-refractivity contribution is 0.669. The van der Waals surface area contributed by atoms with Gasteiger partial charge in [-0.15, -0.1) is 5.54 Å². The summed E-state index contributed by atoms with van der Waals surface area (Å²) >= 11 is 0. The van der Waals surface area contributed by atoms with Gasteiger partial charge in [0, 0.05) is 5.57 Å². The van der Waals surface area contributed by atoms with E-state index in [1.165, 1.54) is 48.0 Å². The summed E-state index contributed by atoms with van der Waals surface area (Å²) < 4.78 is 0. The summed E-state index contributed by atoms with van der Waals surface area (Å²) in [6.45, 7) is 9.20. The summed E-state index contributed by atoms with van der Waals surface area (Å²) in [6, 6.07) is 21.2. The van der Waals surface area contributed by atoms with E-state index in [9.17, 15) is 0 Å². The molecule has 2 aromatic rings. The molecule has 0 unspecified atom stereocenters. The van der Waals surface area contributed by atoms with Gasteiger partial charge in [0.1, 0.15) is 8.07 Å². The van der Waals surface area contributed by atoms with Gasteiger partial charge in [0.2, 0.25) is 0 Å². The second kappa shape index (κ2) is 11.5. The van der Waals surface area contributed by atoms with Gasteiger partial charge in [0.25, 0.3) is 0 Å². The Hall–Kier alpha value is -2.30. The summed E-state index contributed by atoms with van der Waals surface area (Å²) in [6.07, 6.45) is 10.7. The first-order valence-electron chi connectivity index (χ1n) is 10.5. The lowest BCUT2D eigenvalue weighted by atomic mass is 9.98. The highest BCUT2D eigenvalue weighted by atomic mass is 28.3. The van der Waals surface area contributed by atoms with Crippen LogP contribution >= 0.6 is 0 Å². The van der Waals surface area contributed by atoms with Crippen LogP contribution in [0, 0.1) is 11.5 Å². The molecule has 0 atom stereocenters. The smallest absolute Gasteiger partial charge is 0.127 e.